The van der Waals surface area contributed by atoms with Gasteiger partial charge in [0.2, 0.25) is 0 Å². The van der Waals surface area contributed by atoms with Crippen molar-refractivity contribution in [2.45, 2.75) is 25.4 Å². The van der Waals surface area contributed by atoms with Crippen LogP contribution in [0.4, 0.5) is 4.39 Å². The molecular weight excluding hydrogens is 263 g/mol. The van der Waals surface area contributed by atoms with Gasteiger partial charge in [0.25, 0.3) is 5.91 Å². The van der Waals surface area contributed by atoms with Crippen LogP contribution in [0.3, 0.4) is 0 Å². The Bertz CT molecular complexity index is 436. The highest BCUT2D eigenvalue weighted by atomic mass is 19.1. The third-order valence-corrected chi connectivity index (χ3v) is 3.10. The van der Waals surface area contributed by atoms with E-state index in [1.807, 2.05) is 0 Å². The summed E-state index contributed by atoms with van der Waals surface area (Å²) in [7, 11) is 0. The molecule has 20 heavy (non-hydrogen) atoms. The molecular formula is C14H19FN2O3. The molecule has 1 aliphatic rings. The number of carbonyl (C=O) groups is 1. The summed E-state index contributed by atoms with van der Waals surface area (Å²) in [6.45, 7) is 2.43. The number of aromatic nitrogens is 1. The molecule has 1 unspecified atom stereocenters. The lowest BCUT2D eigenvalue weighted by molar-refractivity contribution is 0.0166. The fourth-order valence-electron chi connectivity index (χ4n) is 2.02. The Morgan fingerprint density at radius 3 is 3.25 bits per heavy atom. The number of hydrogen-bond donors (Lipinski definition) is 1. The normalized spacial score (nSPS) is 18.1. The molecule has 6 heteroatoms. The molecule has 2 heterocycles. The van der Waals surface area contributed by atoms with Gasteiger partial charge < -0.3 is 14.8 Å². The Morgan fingerprint density at radius 1 is 1.60 bits per heavy atom. The molecule has 1 aromatic heterocycles. The number of amides is 1. The largest absolute Gasteiger partial charge is 0.379 e. The maximum absolute atomic E-state index is 13.3. The van der Waals surface area contributed by atoms with E-state index in [1.54, 1.807) is 0 Å². The lowest BCUT2D eigenvalue weighted by Gasteiger charge is -2.10. The second kappa shape index (κ2) is 7.91. The van der Waals surface area contributed by atoms with E-state index in [9.17, 15) is 9.18 Å². The van der Waals surface area contributed by atoms with E-state index in [2.05, 4.69) is 10.3 Å². The first kappa shape index (κ1) is 14.9. The van der Waals surface area contributed by atoms with E-state index >= 15 is 0 Å². The number of rotatable bonds is 7. The fourth-order valence-corrected chi connectivity index (χ4v) is 2.02. The van der Waals surface area contributed by atoms with Crippen LogP contribution >= 0.6 is 0 Å². The van der Waals surface area contributed by atoms with Crippen LogP contribution in [0.15, 0.2) is 18.5 Å². The summed E-state index contributed by atoms with van der Waals surface area (Å²) in [5.41, 5.74) is 0.0141. The third-order valence-electron chi connectivity index (χ3n) is 3.10. The fraction of sp³-hybridized carbons (Fsp3) is 0.571. The number of carbonyl (C=O) groups excluding carboxylic acids is 1. The Labute approximate surface area is 117 Å². The van der Waals surface area contributed by atoms with Crippen molar-refractivity contribution in [1.29, 1.82) is 0 Å². The minimum absolute atomic E-state index is 0.0141. The minimum atomic E-state index is -0.611. The van der Waals surface area contributed by atoms with E-state index in [0.717, 1.165) is 25.6 Å². The topological polar surface area (TPSA) is 60.5 Å². The Kier molecular flexibility index (Phi) is 5.88. The Morgan fingerprint density at radius 2 is 2.50 bits per heavy atom. The number of nitrogens with one attached hydrogen (secondary N) is 1. The molecule has 0 radical (unpaired) electrons. The minimum Gasteiger partial charge on any atom is -0.379 e. The third kappa shape index (κ3) is 4.54. The number of halogens is 1. The highest BCUT2D eigenvalue weighted by Gasteiger charge is 2.15. The summed E-state index contributed by atoms with van der Waals surface area (Å²) in [5, 5.41) is 2.65. The van der Waals surface area contributed by atoms with E-state index < -0.39 is 11.7 Å². The number of pyridine rings is 1. The van der Waals surface area contributed by atoms with Crippen LogP contribution in [0.1, 0.15) is 29.6 Å². The zero-order valence-corrected chi connectivity index (χ0v) is 11.3. The predicted octanol–water partition coefficient (Wildman–Crippen LogP) is 1.54. The molecule has 1 aromatic rings. The summed E-state index contributed by atoms with van der Waals surface area (Å²) in [6, 6.07) is 1.36. The summed E-state index contributed by atoms with van der Waals surface area (Å²) in [5.74, 6) is -1.04. The first-order valence-electron chi connectivity index (χ1n) is 6.84. The Balaban J connectivity index is 1.56. The zero-order valence-electron chi connectivity index (χ0n) is 11.3. The summed E-state index contributed by atoms with van der Waals surface area (Å²) < 4.78 is 24.2. The second-order valence-electron chi connectivity index (χ2n) is 4.67. The van der Waals surface area contributed by atoms with Crippen LogP contribution in [0.25, 0.3) is 0 Å². The van der Waals surface area contributed by atoms with E-state index in [4.69, 9.17) is 9.47 Å². The Hall–Kier alpha value is -1.53. The van der Waals surface area contributed by atoms with Gasteiger partial charge in [-0.2, -0.15) is 0 Å². The maximum Gasteiger partial charge on any atom is 0.254 e. The van der Waals surface area contributed by atoms with Crippen molar-refractivity contribution in [3.63, 3.8) is 0 Å². The molecule has 0 spiro atoms. The smallest absolute Gasteiger partial charge is 0.254 e. The van der Waals surface area contributed by atoms with E-state index in [-0.39, 0.29) is 11.7 Å². The summed E-state index contributed by atoms with van der Waals surface area (Å²) in [6.07, 6.45) is 5.48. The number of hydrogen-bond acceptors (Lipinski definition) is 4. The van der Waals surface area contributed by atoms with Crippen molar-refractivity contribution in [2.75, 3.05) is 26.4 Å². The van der Waals surface area contributed by atoms with Crippen molar-refractivity contribution in [1.82, 2.24) is 10.3 Å². The van der Waals surface area contributed by atoms with Crippen molar-refractivity contribution in [3.05, 3.63) is 29.8 Å². The molecule has 1 N–H and O–H groups in total. The molecule has 0 saturated carbocycles. The van der Waals surface area contributed by atoms with Gasteiger partial charge in [0.1, 0.15) is 0 Å². The number of nitrogens with zero attached hydrogens (tertiary/aromatic N) is 1. The van der Waals surface area contributed by atoms with Gasteiger partial charge in [-0.25, -0.2) is 4.39 Å². The van der Waals surface area contributed by atoms with Gasteiger partial charge >= 0.3 is 0 Å². The van der Waals surface area contributed by atoms with Crippen LogP contribution in [-0.4, -0.2) is 43.4 Å². The molecule has 0 bridgehead atoms. The second-order valence-corrected chi connectivity index (χ2v) is 4.67. The molecule has 1 atom stereocenters. The van der Waals surface area contributed by atoms with Crippen molar-refractivity contribution < 1.29 is 18.7 Å². The highest BCUT2D eigenvalue weighted by molar-refractivity contribution is 5.94. The molecule has 2 rings (SSSR count). The lowest BCUT2D eigenvalue weighted by atomic mass is 10.2. The van der Waals surface area contributed by atoms with Crippen molar-refractivity contribution >= 4 is 5.91 Å². The highest BCUT2D eigenvalue weighted by Crippen LogP contribution is 2.11. The number of ether oxygens (including phenoxy) is 2. The molecule has 0 aromatic carbocycles. The first-order valence-corrected chi connectivity index (χ1v) is 6.84. The van der Waals surface area contributed by atoms with Crippen LogP contribution < -0.4 is 5.32 Å². The van der Waals surface area contributed by atoms with Gasteiger partial charge in [-0.05, 0) is 25.3 Å². The van der Waals surface area contributed by atoms with Gasteiger partial charge in [-0.1, -0.05) is 0 Å². The van der Waals surface area contributed by atoms with Crippen molar-refractivity contribution in [3.8, 4) is 0 Å². The molecule has 1 fully saturated rings. The maximum atomic E-state index is 13.3. The monoisotopic (exact) mass is 282 g/mol. The molecule has 1 aliphatic heterocycles. The molecule has 5 nitrogen and oxygen atoms in total. The summed E-state index contributed by atoms with van der Waals surface area (Å²) >= 11 is 0. The van der Waals surface area contributed by atoms with Crippen LogP contribution in [-0.2, 0) is 9.47 Å². The molecule has 1 saturated heterocycles. The molecule has 0 aliphatic carbocycles. The molecule has 110 valence electrons. The predicted molar refractivity (Wildman–Crippen MR) is 70.9 cm³/mol. The first-order chi connectivity index (χ1) is 9.77. The average Bonchev–Trinajstić information content (AvgIpc) is 2.96. The van der Waals surface area contributed by atoms with Gasteiger partial charge in [0, 0.05) is 26.0 Å². The van der Waals surface area contributed by atoms with Crippen LogP contribution in [0.2, 0.25) is 0 Å². The SMILES string of the molecule is O=C(NCCCOCC1CCCO1)c1ccncc1F. The zero-order chi connectivity index (χ0) is 14.2. The van der Waals surface area contributed by atoms with Gasteiger partial charge in [-0.15, -0.1) is 0 Å². The van der Waals surface area contributed by atoms with Gasteiger partial charge in [0.15, 0.2) is 5.82 Å². The standard InChI is InChI=1S/C14H19FN2O3/c15-13-9-16-6-4-12(13)14(18)17-5-2-7-19-10-11-3-1-8-20-11/h4,6,9,11H,1-3,5,7-8,10H2,(H,17,18). The quantitative estimate of drug-likeness (QED) is 0.771. The summed E-state index contributed by atoms with van der Waals surface area (Å²) in [4.78, 5) is 15.3. The lowest BCUT2D eigenvalue weighted by Crippen LogP contribution is -2.26. The van der Waals surface area contributed by atoms with E-state index in [0.29, 0.717) is 26.2 Å². The molecule has 1 amide bonds. The van der Waals surface area contributed by atoms with Crippen molar-refractivity contribution in [2.24, 2.45) is 0 Å². The van der Waals surface area contributed by atoms with E-state index in [1.165, 1.54) is 12.3 Å². The van der Waals surface area contributed by atoms with Gasteiger partial charge in [-0.3, -0.25) is 9.78 Å². The van der Waals surface area contributed by atoms with Gasteiger partial charge in [0.05, 0.1) is 24.5 Å². The van der Waals surface area contributed by atoms with Crippen LogP contribution in [0.5, 0.6) is 0 Å². The average molecular weight is 282 g/mol. The van der Waals surface area contributed by atoms with Crippen LogP contribution in [0, 0.1) is 5.82 Å².